The molecule has 0 radical (unpaired) electrons. The van der Waals surface area contributed by atoms with Crippen LogP contribution in [0.2, 0.25) is 0 Å². The van der Waals surface area contributed by atoms with Crippen molar-refractivity contribution in [1.29, 1.82) is 0 Å². The van der Waals surface area contributed by atoms with Gasteiger partial charge in [-0.15, -0.1) is 0 Å². The molecule has 2 aliphatic rings. The molecule has 20 heavy (non-hydrogen) atoms. The summed E-state index contributed by atoms with van der Waals surface area (Å²) < 4.78 is 5.09. The van der Waals surface area contributed by atoms with Gasteiger partial charge in [-0.3, -0.25) is 4.79 Å². The third-order valence-electron chi connectivity index (χ3n) is 4.17. The number of carbonyl (C=O) groups excluding carboxylic acids is 1. The molecule has 2 heterocycles. The maximum atomic E-state index is 12.4. The van der Waals surface area contributed by atoms with Crippen molar-refractivity contribution in [2.75, 3.05) is 7.11 Å². The summed E-state index contributed by atoms with van der Waals surface area (Å²) >= 11 is 0. The van der Waals surface area contributed by atoms with E-state index >= 15 is 0 Å². The first-order chi connectivity index (χ1) is 9.70. The average molecular weight is 275 g/mol. The maximum Gasteiger partial charge on any atom is 0.223 e. The topological polar surface area (TPSA) is 68.5 Å². The Morgan fingerprint density at radius 1 is 1.35 bits per heavy atom. The van der Waals surface area contributed by atoms with Crippen molar-refractivity contribution in [3.05, 3.63) is 23.9 Å². The van der Waals surface area contributed by atoms with Crippen molar-refractivity contribution in [2.24, 2.45) is 5.73 Å². The first-order valence-electron chi connectivity index (χ1n) is 7.27. The zero-order valence-electron chi connectivity index (χ0n) is 11.8. The number of likely N-dealkylation sites (tertiary alicyclic amines) is 1. The van der Waals surface area contributed by atoms with Crippen LogP contribution in [0, 0.1) is 0 Å². The molecule has 2 N–H and O–H groups in total. The molecule has 0 spiro atoms. The molecule has 1 aromatic heterocycles. The van der Waals surface area contributed by atoms with Crippen LogP contribution < -0.4 is 10.5 Å². The van der Waals surface area contributed by atoms with E-state index in [4.69, 9.17) is 10.5 Å². The van der Waals surface area contributed by atoms with Gasteiger partial charge < -0.3 is 15.4 Å². The lowest BCUT2D eigenvalue weighted by Crippen LogP contribution is -2.43. The zero-order chi connectivity index (χ0) is 14.1. The standard InChI is InChI=1S/C15H21N3O2/c1-20-13-8-5-10(9-17-13)15-12(16)3-2-4-14(19)18(15)11-6-7-11/h5,8-9,11-12,15H,2-4,6-7,16H2,1H3. The van der Waals surface area contributed by atoms with Gasteiger partial charge in [-0.2, -0.15) is 0 Å². The molecule has 5 heteroatoms. The summed E-state index contributed by atoms with van der Waals surface area (Å²) in [5.41, 5.74) is 7.36. The first-order valence-corrected chi connectivity index (χ1v) is 7.27. The Morgan fingerprint density at radius 3 is 2.75 bits per heavy atom. The molecule has 3 rings (SSSR count). The Labute approximate surface area is 119 Å². The predicted molar refractivity (Wildman–Crippen MR) is 75.2 cm³/mol. The van der Waals surface area contributed by atoms with Crippen molar-refractivity contribution < 1.29 is 9.53 Å². The van der Waals surface area contributed by atoms with Gasteiger partial charge in [0.2, 0.25) is 11.8 Å². The largest absolute Gasteiger partial charge is 0.481 e. The van der Waals surface area contributed by atoms with E-state index in [1.54, 1.807) is 13.3 Å². The van der Waals surface area contributed by atoms with Gasteiger partial charge in [0.25, 0.3) is 0 Å². The van der Waals surface area contributed by atoms with E-state index in [1.807, 2.05) is 17.0 Å². The predicted octanol–water partition coefficient (Wildman–Crippen LogP) is 1.63. The molecule has 1 aromatic rings. The van der Waals surface area contributed by atoms with E-state index in [-0.39, 0.29) is 18.0 Å². The number of methoxy groups -OCH3 is 1. The van der Waals surface area contributed by atoms with Crippen LogP contribution in [0.1, 0.15) is 43.7 Å². The highest BCUT2D eigenvalue weighted by Crippen LogP contribution is 2.39. The lowest BCUT2D eigenvalue weighted by Gasteiger charge is -2.34. The van der Waals surface area contributed by atoms with Crippen molar-refractivity contribution in [3.8, 4) is 5.88 Å². The molecule has 0 aromatic carbocycles. The normalized spacial score (nSPS) is 27.3. The van der Waals surface area contributed by atoms with E-state index in [0.717, 1.165) is 31.2 Å². The average Bonchev–Trinajstić information content (AvgIpc) is 3.28. The minimum Gasteiger partial charge on any atom is -0.481 e. The van der Waals surface area contributed by atoms with Gasteiger partial charge in [0, 0.05) is 30.8 Å². The van der Waals surface area contributed by atoms with E-state index in [2.05, 4.69) is 4.98 Å². The Morgan fingerprint density at radius 2 is 2.15 bits per heavy atom. The van der Waals surface area contributed by atoms with Crippen LogP contribution in [-0.2, 0) is 4.79 Å². The summed E-state index contributed by atoms with van der Waals surface area (Å²) in [6, 6.07) is 4.12. The molecule has 1 aliphatic heterocycles. The summed E-state index contributed by atoms with van der Waals surface area (Å²) in [7, 11) is 1.60. The number of ether oxygens (including phenoxy) is 1. The van der Waals surface area contributed by atoms with Gasteiger partial charge in [-0.05, 0) is 37.3 Å². The van der Waals surface area contributed by atoms with Crippen molar-refractivity contribution in [3.63, 3.8) is 0 Å². The van der Waals surface area contributed by atoms with Crippen LogP contribution in [0.3, 0.4) is 0 Å². The molecule has 2 atom stereocenters. The van der Waals surface area contributed by atoms with Crippen LogP contribution >= 0.6 is 0 Å². The lowest BCUT2D eigenvalue weighted by molar-refractivity contribution is -0.133. The molecule has 1 amide bonds. The summed E-state index contributed by atoms with van der Waals surface area (Å²) in [6.07, 6.45) is 6.35. The Hall–Kier alpha value is -1.62. The third-order valence-corrected chi connectivity index (χ3v) is 4.17. The third kappa shape index (κ3) is 2.50. The smallest absolute Gasteiger partial charge is 0.223 e. The SMILES string of the molecule is COc1ccc(C2C(N)CCCC(=O)N2C2CC2)cn1. The maximum absolute atomic E-state index is 12.4. The highest BCUT2D eigenvalue weighted by Gasteiger charge is 2.41. The zero-order valence-corrected chi connectivity index (χ0v) is 11.8. The van der Waals surface area contributed by atoms with Gasteiger partial charge in [0.05, 0.1) is 13.2 Å². The van der Waals surface area contributed by atoms with Gasteiger partial charge in [0.15, 0.2) is 0 Å². The van der Waals surface area contributed by atoms with Gasteiger partial charge in [0.1, 0.15) is 0 Å². The molecule has 5 nitrogen and oxygen atoms in total. The molecule has 108 valence electrons. The Kier molecular flexibility index (Phi) is 3.61. The van der Waals surface area contributed by atoms with Crippen LogP contribution in [-0.4, -0.2) is 35.0 Å². The van der Waals surface area contributed by atoms with E-state index in [9.17, 15) is 4.79 Å². The second-order valence-electron chi connectivity index (χ2n) is 5.67. The van der Waals surface area contributed by atoms with Crippen LogP contribution in [0.4, 0.5) is 0 Å². The summed E-state index contributed by atoms with van der Waals surface area (Å²) in [5, 5.41) is 0. The summed E-state index contributed by atoms with van der Waals surface area (Å²) in [6.45, 7) is 0. The Bertz CT molecular complexity index is 484. The van der Waals surface area contributed by atoms with Crippen molar-refractivity contribution >= 4 is 5.91 Å². The molecular weight excluding hydrogens is 254 g/mol. The number of carbonyl (C=O) groups is 1. The van der Waals surface area contributed by atoms with Crippen LogP contribution in [0.5, 0.6) is 5.88 Å². The number of hydrogen-bond acceptors (Lipinski definition) is 4. The second kappa shape index (κ2) is 5.40. The fraction of sp³-hybridized carbons (Fsp3) is 0.600. The number of amides is 1. The lowest BCUT2D eigenvalue weighted by atomic mass is 9.97. The fourth-order valence-electron chi connectivity index (χ4n) is 3.02. The minimum absolute atomic E-state index is 0.0164. The van der Waals surface area contributed by atoms with Crippen LogP contribution in [0.25, 0.3) is 0 Å². The Balaban J connectivity index is 1.93. The molecule has 2 fully saturated rings. The number of hydrogen-bond donors (Lipinski definition) is 1. The molecule has 1 saturated heterocycles. The highest BCUT2D eigenvalue weighted by atomic mass is 16.5. The molecule has 1 aliphatic carbocycles. The second-order valence-corrected chi connectivity index (χ2v) is 5.67. The highest BCUT2D eigenvalue weighted by molar-refractivity contribution is 5.78. The fourth-order valence-corrected chi connectivity index (χ4v) is 3.02. The summed E-state index contributed by atoms with van der Waals surface area (Å²) in [4.78, 5) is 18.6. The quantitative estimate of drug-likeness (QED) is 0.910. The molecular formula is C15H21N3O2. The molecule has 0 bridgehead atoms. The molecule has 2 unspecified atom stereocenters. The number of nitrogens with two attached hydrogens (primary N) is 1. The first kappa shape index (κ1) is 13.4. The van der Waals surface area contributed by atoms with Crippen LogP contribution in [0.15, 0.2) is 18.3 Å². The molecule has 1 saturated carbocycles. The van der Waals surface area contributed by atoms with Gasteiger partial charge in [-0.1, -0.05) is 0 Å². The van der Waals surface area contributed by atoms with Gasteiger partial charge >= 0.3 is 0 Å². The number of nitrogens with zero attached hydrogens (tertiary/aromatic N) is 2. The van der Waals surface area contributed by atoms with Crippen molar-refractivity contribution in [1.82, 2.24) is 9.88 Å². The van der Waals surface area contributed by atoms with E-state index < -0.39 is 0 Å². The monoisotopic (exact) mass is 275 g/mol. The number of aromatic nitrogens is 1. The minimum atomic E-state index is -0.0455. The number of pyridine rings is 1. The van der Waals surface area contributed by atoms with Crippen molar-refractivity contribution in [2.45, 2.75) is 50.2 Å². The van der Waals surface area contributed by atoms with Gasteiger partial charge in [-0.25, -0.2) is 4.98 Å². The number of rotatable bonds is 3. The van der Waals surface area contributed by atoms with E-state index in [0.29, 0.717) is 18.3 Å². The summed E-state index contributed by atoms with van der Waals surface area (Å²) in [5.74, 6) is 0.821. The van der Waals surface area contributed by atoms with E-state index in [1.165, 1.54) is 0 Å².